The first-order chi connectivity index (χ1) is 17.8. The predicted octanol–water partition coefficient (Wildman–Crippen LogP) is 5.87. The Bertz CT molecular complexity index is 1630. The smallest absolute Gasteiger partial charge is 0.260 e. The summed E-state index contributed by atoms with van der Waals surface area (Å²) in [5, 5.41) is 0.543. The summed E-state index contributed by atoms with van der Waals surface area (Å²) in [6.07, 6.45) is 1.56. The van der Waals surface area contributed by atoms with Gasteiger partial charge in [-0.3, -0.25) is 9.69 Å². The number of hydrogen-bond acceptors (Lipinski definition) is 6. The third kappa shape index (κ3) is 5.34. The third-order valence-corrected chi connectivity index (χ3v) is 8.82. The zero-order valence-corrected chi connectivity index (χ0v) is 22.0. The highest BCUT2D eigenvalue weighted by atomic mass is 32.2. The molecule has 0 aliphatic rings. The van der Waals surface area contributed by atoms with Gasteiger partial charge in [0.25, 0.3) is 5.91 Å². The number of fused-ring (bicyclic) bond motifs is 1. The predicted molar refractivity (Wildman–Crippen MR) is 145 cm³/mol. The molecule has 0 unspecified atom stereocenters. The van der Waals surface area contributed by atoms with Crippen LogP contribution in [0, 0.1) is 6.92 Å². The van der Waals surface area contributed by atoms with Gasteiger partial charge in [0.2, 0.25) is 10.0 Å². The van der Waals surface area contributed by atoms with Crippen molar-refractivity contribution in [2.45, 2.75) is 24.9 Å². The van der Waals surface area contributed by atoms with Crippen LogP contribution >= 0.6 is 11.3 Å². The van der Waals surface area contributed by atoms with Crippen LogP contribution in [0.4, 0.5) is 5.13 Å². The van der Waals surface area contributed by atoms with E-state index in [1.54, 1.807) is 30.3 Å². The van der Waals surface area contributed by atoms with Gasteiger partial charge in [0.1, 0.15) is 5.76 Å². The maximum absolute atomic E-state index is 13.6. The van der Waals surface area contributed by atoms with E-state index in [4.69, 9.17) is 4.42 Å². The molecule has 0 aliphatic heterocycles. The zero-order chi connectivity index (χ0) is 26.0. The van der Waals surface area contributed by atoms with Crippen molar-refractivity contribution < 1.29 is 17.6 Å². The Morgan fingerprint density at radius 3 is 2.41 bits per heavy atom. The first-order valence-corrected chi connectivity index (χ1v) is 13.9. The fourth-order valence-corrected chi connectivity index (χ4v) is 6.17. The molecule has 0 fully saturated rings. The van der Waals surface area contributed by atoms with Gasteiger partial charge in [-0.1, -0.05) is 47.7 Å². The Morgan fingerprint density at radius 2 is 1.70 bits per heavy atom. The van der Waals surface area contributed by atoms with E-state index >= 15 is 0 Å². The minimum atomic E-state index is -3.73. The number of aromatic nitrogens is 1. The molecule has 7 nitrogen and oxygen atoms in total. The third-order valence-electron chi connectivity index (χ3n) is 5.96. The number of carbonyl (C=O) groups is 1. The fraction of sp³-hybridized carbons (Fsp3) is 0.143. The number of anilines is 1. The molecule has 1 amide bonds. The molecule has 0 N–H and O–H groups in total. The molecule has 0 atom stereocenters. The Hall–Kier alpha value is -3.79. The highest BCUT2D eigenvalue weighted by molar-refractivity contribution is 7.89. The van der Waals surface area contributed by atoms with Crippen LogP contribution in [-0.4, -0.2) is 30.7 Å². The van der Waals surface area contributed by atoms with Crippen LogP contribution in [-0.2, 0) is 23.1 Å². The first kappa shape index (κ1) is 24.9. The Balaban J connectivity index is 1.42. The number of amides is 1. The van der Waals surface area contributed by atoms with Gasteiger partial charge >= 0.3 is 0 Å². The largest absolute Gasteiger partial charge is 0.467 e. The highest BCUT2D eigenvalue weighted by Crippen LogP contribution is 2.32. The number of nitrogens with zero attached hydrogens (tertiary/aromatic N) is 3. The van der Waals surface area contributed by atoms with Crippen molar-refractivity contribution in [2.75, 3.05) is 11.9 Å². The van der Waals surface area contributed by atoms with Crippen molar-refractivity contribution in [2.24, 2.45) is 0 Å². The average Bonchev–Trinajstić information content (AvgIpc) is 3.57. The molecular weight excluding hydrogens is 506 g/mol. The molecule has 3 aromatic carbocycles. The van der Waals surface area contributed by atoms with Crippen LogP contribution < -0.4 is 4.90 Å². The molecule has 5 rings (SSSR count). The Labute approximate surface area is 219 Å². The molecule has 37 heavy (non-hydrogen) atoms. The summed E-state index contributed by atoms with van der Waals surface area (Å²) in [6, 6.07) is 24.9. The molecule has 0 aliphatic carbocycles. The molecule has 2 aromatic heterocycles. The second-order valence-electron chi connectivity index (χ2n) is 8.71. The summed E-state index contributed by atoms with van der Waals surface area (Å²) >= 11 is 1.43. The van der Waals surface area contributed by atoms with Crippen molar-refractivity contribution >= 4 is 42.6 Å². The lowest BCUT2D eigenvalue weighted by molar-refractivity contribution is 0.0983. The van der Waals surface area contributed by atoms with Crippen LogP contribution in [0.15, 0.2) is 101 Å². The molecule has 0 saturated heterocycles. The summed E-state index contributed by atoms with van der Waals surface area (Å²) in [5.74, 6) is 0.319. The monoisotopic (exact) mass is 531 g/mol. The number of carbonyl (C=O) groups excluding carboxylic acids is 1. The van der Waals surface area contributed by atoms with Crippen molar-refractivity contribution in [3.63, 3.8) is 0 Å². The standard InChI is InChI=1S/C28H25N3O4S2/c1-20-10-15-25-26(17-20)36-28(29-25)31(19-23-9-6-16-35-23)27(32)22-11-13-24(14-12-22)37(33,34)30(2)18-21-7-4-3-5-8-21/h3-17H,18-19H2,1-2H3. The molecular formula is C28H25N3O4S2. The summed E-state index contributed by atoms with van der Waals surface area (Å²) in [4.78, 5) is 20.0. The van der Waals surface area contributed by atoms with Crippen molar-refractivity contribution in [1.82, 2.24) is 9.29 Å². The van der Waals surface area contributed by atoms with E-state index < -0.39 is 10.0 Å². The molecule has 5 aromatic rings. The molecule has 9 heteroatoms. The number of sulfonamides is 1. The minimum Gasteiger partial charge on any atom is -0.467 e. The number of hydrogen-bond donors (Lipinski definition) is 0. The molecule has 0 saturated carbocycles. The summed E-state index contributed by atoms with van der Waals surface area (Å²) in [5.41, 5.74) is 3.16. The van der Waals surface area contributed by atoms with Crippen LogP contribution in [0.25, 0.3) is 10.2 Å². The topological polar surface area (TPSA) is 83.7 Å². The van der Waals surface area contributed by atoms with E-state index in [0.717, 1.165) is 21.3 Å². The molecule has 0 spiro atoms. The molecule has 0 bridgehead atoms. The quantitative estimate of drug-likeness (QED) is 0.250. The van der Waals surface area contributed by atoms with E-state index in [9.17, 15) is 13.2 Å². The maximum Gasteiger partial charge on any atom is 0.260 e. The fourth-order valence-electron chi connectivity index (χ4n) is 3.95. The lowest BCUT2D eigenvalue weighted by atomic mass is 10.2. The van der Waals surface area contributed by atoms with Gasteiger partial charge < -0.3 is 4.42 Å². The van der Waals surface area contributed by atoms with Crippen molar-refractivity contribution in [3.8, 4) is 0 Å². The van der Waals surface area contributed by atoms with Crippen LogP contribution in [0.1, 0.15) is 27.2 Å². The number of benzene rings is 3. The van der Waals surface area contributed by atoms with Gasteiger partial charge in [-0.2, -0.15) is 4.31 Å². The van der Waals surface area contributed by atoms with E-state index in [-0.39, 0.29) is 23.9 Å². The zero-order valence-electron chi connectivity index (χ0n) is 20.4. The molecule has 188 valence electrons. The summed E-state index contributed by atoms with van der Waals surface area (Å²) < 4.78 is 34.0. The van der Waals surface area contributed by atoms with Gasteiger partial charge in [0.15, 0.2) is 5.13 Å². The Kier molecular flexibility index (Phi) is 6.92. The first-order valence-electron chi connectivity index (χ1n) is 11.6. The number of furan rings is 1. The lowest BCUT2D eigenvalue weighted by Gasteiger charge is -2.20. The maximum atomic E-state index is 13.6. The van der Waals surface area contributed by atoms with E-state index in [0.29, 0.717) is 16.5 Å². The Morgan fingerprint density at radius 1 is 0.946 bits per heavy atom. The summed E-state index contributed by atoms with van der Waals surface area (Å²) in [6.45, 7) is 2.46. The van der Waals surface area contributed by atoms with Crippen molar-refractivity contribution in [1.29, 1.82) is 0 Å². The van der Waals surface area contributed by atoms with Crippen LogP contribution in [0.2, 0.25) is 0 Å². The van der Waals surface area contributed by atoms with Crippen LogP contribution in [0.3, 0.4) is 0 Å². The number of rotatable bonds is 8. The van der Waals surface area contributed by atoms with E-state index in [1.165, 1.54) is 39.9 Å². The minimum absolute atomic E-state index is 0.121. The second-order valence-corrected chi connectivity index (χ2v) is 11.8. The van der Waals surface area contributed by atoms with Gasteiger partial charge in [-0.25, -0.2) is 13.4 Å². The molecule has 2 heterocycles. The normalized spacial score (nSPS) is 11.8. The van der Waals surface area contributed by atoms with E-state index in [1.807, 2.05) is 55.5 Å². The van der Waals surface area contributed by atoms with E-state index in [2.05, 4.69) is 4.98 Å². The average molecular weight is 532 g/mol. The van der Waals surface area contributed by atoms with Gasteiger partial charge in [0.05, 0.1) is 27.9 Å². The SMILES string of the molecule is Cc1ccc2nc(N(Cc3ccco3)C(=O)c3ccc(S(=O)(=O)N(C)Cc4ccccc4)cc3)sc2c1. The summed E-state index contributed by atoms with van der Waals surface area (Å²) in [7, 11) is -2.19. The van der Waals surface area contributed by atoms with Gasteiger partial charge in [-0.15, -0.1) is 0 Å². The van der Waals surface area contributed by atoms with Crippen LogP contribution in [0.5, 0.6) is 0 Å². The number of thiazole rings is 1. The molecule has 0 radical (unpaired) electrons. The van der Waals surface area contributed by atoms with Gasteiger partial charge in [-0.05, 0) is 66.6 Å². The second kappa shape index (κ2) is 10.3. The lowest BCUT2D eigenvalue weighted by Crippen LogP contribution is -2.30. The highest BCUT2D eigenvalue weighted by Gasteiger charge is 2.25. The van der Waals surface area contributed by atoms with Crippen molar-refractivity contribution in [3.05, 3.63) is 114 Å². The van der Waals surface area contributed by atoms with Gasteiger partial charge in [0, 0.05) is 19.2 Å². The number of aryl methyl sites for hydroxylation is 1.